The molecule has 2 aliphatic rings. The summed E-state index contributed by atoms with van der Waals surface area (Å²) in [6.07, 6.45) is 7.87. The average molecular weight is 352 g/mol. The number of pyridine rings is 1. The summed E-state index contributed by atoms with van der Waals surface area (Å²) in [6.45, 7) is 2.42. The fraction of sp³-hybridized carbons (Fsp3) is 0.647. The van der Waals surface area contributed by atoms with E-state index >= 15 is 0 Å². The summed E-state index contributed by atoms with van der Waals surface area (Å²) in [6, 6.07) is 3.86. The molecule has 24 heavy (non-hydrogen) atoms. The molecule has 2 atom stereocenters. The molecular weight excluding hydrogens is 328 g/mol. The van der Waals surface area contributed by atoms with E-state index < -0.39 is 15.6 Å². The van der Waals surface area contributed by atoms with Crippen LogP contribution in [0, 0.1) is 11.3 Å². The number of nitrogens with zero attached hydrogens (tertiary/aromatic N) is 2. The Balaban J connectivity index is 1.60. The molecule has 0 aromatic carbocycles. The number of carbonyl (C=O) groups excluding carboxylic acids is 1. The molecule has 132 valence electrons. The van der Waals surface area contributed by atoms with Gasteiger partial charge in [0.05, 0.1) is 13.2 Å². The molecule has 6 nitrogen and oxygen atoms in total. The highest BCUT2D eigenvalue weighted by atomic mass is 32.2. The predicted molar refractivity (Wildman–Crippen MR) is 90.0 cm³/mol. The van der Waals surface area contributed by atoms with E-state index in [9.17, 15) is 13.2 Å². The average Bonchev–Trinajstić information content (AvgIpc) is 3.03. The van der Waals surface area contributed by atoms with Crippen molar-refractivity contribution in [3.63, 3.8) is 0 Å². The van der Waals surface area contributed by atoms with Crippen molar-refractivity contribution in [2.24, 2.45) is 11.3 Å². The Bertz CT molecular complexity index is 692. The van der Waals surface area contributed by atoms with Gasteiger partial charge < -0.3 is 9.64 Å². The Kier molecular flexibility index (Phi) is 4.92. The third kappa shape index (κ3) is 3.95. The maximum absolute atomic E-state index is 12.2. The van der Waals surface area contributed by atoms with Gasteiger partial charge in [-0.25, -0.2) is 8.42 Å². The van der Waals surface area contributed by atoms with E-state index in [4.69, 9.17) is 4.74 Å². The minimum absolute atomic E-state index is 0.0137. The van der Waals surface area contributed by atoms with Crippen molar-refractivity contribution in [1.29, 1.82) is 0 Å². The topological polar surface area (TPSA) is 76.6 Å². The minimum atomic E-state index is -3.29. The van der Waals surface area contributed by atoms with Crippen molar-refractivity contribution in [3.05, 3.63) is 30.1 Å². The van der Waals surface area contributed by atoms with Crippen LogP contribution in [-0.2, 0) is 26.0 Å². The van der Waals surface area contributed by atoms with E-state index in [1.54, 1.807) is 17.3 Å². The van der Waals surface area contributed by atoms with E-state index in [0.29, 0.717) is 32.2 Å². The second-order valence-corrected chi connectivity index (χ2v) is 9.28. The fourth-order valence-corrected chi connectivity index (χ4v) is 4.64. The maximum atomic E-state index is 12.2. The SMILES string of the molecule is CS(=O)(=O)CC(=O)N1C[C@H]2CCC[C@@]2(COCc2ccncc2)C1. The highest BCUT2D eigenvalue weighted by molar-refractivity contribution is 7.91. The second-order valence-electron chi connectivity index (χ2n) is 7.14. The van der Waals surface area contributed by atoms with Crippen LogP contribution >= 0.6 is 0 Å². The van der Waals surface area contributed by atoms with E-state index in [1.165, 1.54) is 0 Å². The Morgan fingerprint density at radius 2 is 2.17 bits per heavy atom. The smallest absolute Gasteiger partial charge is 0.237 e. The van der Waals surface area contributed by atoms with Gasteiger partial charge >= 0.3 is 0 Å². The van der Waals surface area contributed by atoms with Crippen LogP contribution in [0.3, 0.4) is 0 Å². The van der Waals surface area contributed by atoms with Gasteiger partial charge in [-0.3, -0.25) is 9.78 Å². The third-order valence-corrected chi connectivity index (χ3v) is 5.96. The first kappa shape index (κ1) is 17.4. The molecule has 7 heteroatoms. The lowest BCUT2D eigenvalue weighted by molar-refractivity contribution is -0.128. The van der Waals surface area contributed by atoms with Gasteiger partial charge in [0.15, 0.2) is 9.84 Å². The number of ether oxygens (including phenoxy) is 1. The molecule has 0 radical (unpaired) electrons. The predicted octanol–water partition coefficient (Wildman–Crippen LogP) is 1.27. The van der Waals surface area contributed by atoms with Crippen LogP contribution in [0.4, 0.5) is 0 Å². The third-order valence-electron chi connectivity index (χ3n) is 5.19. The first-order chi connectivity index (χ1) is 11.4. The van der Waals surface area contributed by atoms with Gasteiger partial charge in [0.25, 0.3) is 0 Å². The summed E-state index contributed by atoms with van der Waals surface area (Å²) >= 11 is 0. The van der Waals surface area contributed by atoms with Crippen LogP contribution in [0.15, 0.2) is 24.5 Å². The van der Waals surface area contributed by atoms with Gasteiger partial charge in [0.2, 0.25) is 5.91 Å². The summed E-state index contributed by atoms with van der Waals surface area (Å²) in [7, 11) is -3.29. The van der Waals surface area contributed by atoms with Crippen molar-refractivity contribution >= 4 is 15.7 Å². The Labute approximate surface area is 143 Å². The molecule has 0 unspecified atom stereocenters. The van der Waals surface area contributed by atoms with E-state index in [2.05, 4.69) is 4.98 Å². The van der Waals surface area contributed by atoms with Crippen LogP contribution in [0.5, 0.6) is 0 Å². The van der Waals surface area contributed by atoms with Crippen LogP contribution in [0.1, 0.15) is 24.8 Å². The lowest BCUT2D eigenvalue weighted by atomic mass is 9.81. The molecule has 1 saturated carbocycles. The summed E-state index contributed by atoms with van der Waals surface area (Å²) in [4.78, 5) is 17.9. The summed E-state index contributed by atoms with van der Waals surface area (Å²) in [5.74, 6) is -0.257. The molecule has 2 fully saturated rings. The largest absolute Gasteiger partial charge is 0.376 e. The van der Waals surface area contributed by atoms with Crippen molar-refractivity contribution in [2.45, 2.75) is 25.9 Å². The number of likely N-dealkylation sites (tertiary alicyclic amines) is 1. The van der Waals surface area contributed by atoms with Gasteiger partial charge in [-0.1, -0.05) is 6.42 Å². The molecule has 1 aromatic rings. The number of fused-ring (bicyclic) bond motifs is 1. The molecule has 3 rings (SSSR count). The number of aromatic nitrogens is 1. The Morgan fingerprint density at radius 1 is 1.42 bits per heavy atom. The lowest BCUT2D eigenvalue weighted by Gasteiger charge is -2.28. The molecule has 1 aliphatic heterocycles. The zero-order valence-corrected chi connectivity index (χ0v) is 14.8. The van der Waals surface area contributed by atoms with Crippen molar-refractivity contribution in [2.75, 3.05) is 31.7 Å². The summed E-state index contributed by atoms with van der Waals surface area (Å²) < 4.78 is 28.7. The number of hydrogen-bond donors (Lipinski definition) is 0. The van der Waals surface area contributed by atoms with Gasteiger partial charge in [-0.15, -0.1) is 0 Å². The maximum Gasteiger partial charge on any atom is 0.237 e. The number of amides is 1. The molecular formula is C17H24N2O4S. The monoisotopic (exact) mass is 352 g/mol. The van der Waals surface area contributed by atoms with E-state index in [1.807, 2.05) is 12.1 Å². The van der Waals surface area contributed by atoms with Crippen molar-refractivity contribution in [1.82, 2.24) is 9.88 Å². The summed E-state index contributed by atoms with van der Waals surface area (Å²) in [5.41, 5.74) is 1.07. The molecule has 1 aromatic heterocycles. The van der Waals surface area contributed by atoms with Gasteiger partial charge in [0, 0.05) is 37.2 Å². The Morgan fingerprint density at radius 3 is 2.88 bits per heavy atom. The normalized spacial score (nSPS) is 26.5. The van der Waals surface area contributed by atoms with Gasteiger partial charge in [-0.05, 0) is 36.5 Å². The van der Waals surface area contributed by atoms with Gasteiger partial charge in [-0.2, -0.15) is 0 Å². The zero-order valence-electron chi connectivity index (χ0n) is 14.0. The van der Waals surface area contributed by atoms with E-state index in [0.717, 1.165) is 31.1 Å². The second kappa shape index (κ2) is 6.80. The lowest BCUT2D eigenvalue weighted by Crippen LogP contribution is -2.37. The van der Waals surface area contributed by atoms with Gasteiger partial charge in [0.1, 0.15) is 5.75 Å². The Hall–Kier alpha value is -1.47. The van der Waals surface area contributed by atoms with Crippen LogP contribution in [-0.4, -0.2) is 55.9 Å². The van der Waals surface area contributed by atoms with Crippen LogP contribution < -0.4 is 0 Å². The molecule has 0 spiro atoms. The number of rotatable bonds is 6. The van der Waals surface area contributed by atoms with Crippen molar-refractivity contribution < 1.29 is 17.9 Å². The molecule has 0 N–H and O–H groups in total. The number of hydrogen-bond acceptors (Lipinski definition) is 5. The molecule has 2 heterocycles. The standard InChI is InChI=1S/C17H24N2O4S/c1-24(21,22)11-16(20)19-9-15-3-2-6-17(15,12-19)13-23-10-14-4-7-18-8-5-14/h4-5,7-8,15H,2-3,6,9-13H2,1H3/t15-,17+/m1/s1. The first-order valence-corrected chi connectivity index (χ1v) is 10.4. The van der Waals surface area contributed by atoms with Crippen molar-refractivity contribution in [3.8, 4) is 0 Å². The number of sulfone groups is 1. The fourth-order valence-electron chi connectivity index (χ4n) is 4.01. The minimum Gasteiger partial charge on any atom is -0.376 e. The summed E-state index contributed by atoms with van der Waals surface area (Å²) in [5, 5.41) is 0. The molecule has 1 aliphatic carbocycles. The highest BCUT2D eigenvalue weighted by Crippen LogP contribution is 2.49. The first-order valence-electron chi connectivity index (χ1n) is 8.30. The van der Waals surface area contributed by atoms with Crippen LogP contribution in [0.2, 0.25) is 0 Å². The quantitative estimate of drug-likeness (QED) is 0.771. The van der Waals surface area contributed by atoms with E-state index in [-0.39, 0.29) is 11.3 Å². The molecule has 1 saturated heterocycles. The molecule has 0 bridgehead atoms. The van der Waals surface area contributed by atoms with Crippen LogP contribution in [0.25, 0.3) is 0 Å². The highest BCUT2D eigenvalue weighted by Gasteiger charge is 2.50. The number of carbonyl (C=O) groups is 1. The molecule has 1 amide bonds. The zero-order chi connectivity index (χ0) is 17.2.